The highest BCUT2D eigenvalue weighted by atomic mass is 16.3. The molecule has 20 heavy (non-hydrogen) atoms. The fourth-order valence-corrected chi connectivity index (χ4v) is 3.34. The molecule has 1 atom stereocenters. The molecule has 1 unspecified atom stereocenters. The van der Waals surface area contributed by atoms with Gasteiger partial charge in [0.1, 0.15) is 0 Å². The third kappa shape index (κ3) is 3.61. The van der Waals surface area contributed by atoms with Crippen LogP contribution >= 0.6 is 0 Å². The Hall–Kier alpha value is -0.870. The summed E-state index contributed by atoms with van der Waals surface area (Å²) < 4.78 is 0. The summed E-state index contributed by atoms with van der Waals surface area (Å²) in [6.45, 7) is 8.62. The van der Waals surface area contributed by atoms with Crippen molar-refractivity contribution >= 4 is 5.91 Å². The topological polar surface area (TPSA) is 43.8 Å². The molecular weight excluding hydrogens is 252 g/mol. The van der Waals surface area contributed by atoms with Crippen LogP contribution in [0.5, 0.6) is 0 Å². The predicted octanol–water partition coefficient (Wildman–Crippen LogP) is 1.65. The van der Waals surface area contributed by atoms with Crippen molar-refractivity contribution in [3.63, 3.8) is 0 Å². The Morgan fingerprint density at radius 3 is 2.75 bits per heavy atom. The minimum Gasteiger partial charge on any atom is -0.379 e. The van der Waals surface area contributed by atoms with Gasteiger partial charge < -0.3 is 10.0 Å². The summed E-state index contributed by atoms with van der Waals surface area (Å²) in [5.41, 5.74) is -0.155. The van der Waals surface area contributed by atoms with Crippen LogP contribution in [0.1, 0.15) is 39.0 Å². The number of nitrogens with zero attached hydrogens (tertiary/aromatic N) is 2. The van der Waals surface area contributed by atoms with Gasteiger partial charge in [0.2, 0.25) is 0 Å². The van der Waals surface area contributed by atoms with Crippen molar-refractivity contribution in [1.82, 2.24) is 9.80 Å². The SMILES string of the molecule is C=C(C)CN(C)CC1(O)CCCN(CC2CCC2)C1=O. The molecule has 2 rings (SSSR count). The maximum Gasteiger partial charge on any atom is 0.255 e. The first-order chi connectivity index (χ1) is 9.40. The molecule has 1 amide bonds. The highest BCUT2D eigenvalue weighted by molar-refractivity contribution is 5.86. The minimum atomic E-state index is -1.20. The number of hydrogen-bond acceptors (Lipinski definition) is 3. The Balaban J connectivity index is 1.94. The van der Waals surface area contributed by atoms with Gasteiger partial charge in [0.05, 0.1) is 0 Å². The van der Waals surface area contributed by atoms with E-state index in [1.165, 1.54) is 19.3 Å². The summed E-state index contributed by atoms with van der Waals surface area (Å²) in [6.07, 6.45) is 5.23. The smallest absolute Gasteiger partial charge is 0.255 e. The number of likely N-dealkylation sites (N-methyl/N-ethyl adjacent to an activating group) is 1. The Bertz CT molecular complexity index is 379. The minimum absolute atomic E-state index is 0.0655. The molecule has 1 aliphatic heterocycles. The van der Waals surface area contributed by atoms with E-state index in [0.29, 0.717) is 18.9 Å². The highest BCUT2D eigenvalue weighted by Crippen LogP contribution is 2.30. The van der Waals surface area contributed by atoms with Gasteiger partial charge in [0, 0.05) is 26.2 Å². The van der Waals surface area contributed by atoms with Gasteiger partial charge in [-0.1, -0.05) is 18.6 Å². The Morgan fingerprint density at radius 1 is 1.50 bits per heavy atom. The van der Waals surface area contributed by atoms with Crippen LogP contribution in [0, 0.1) is 5.92 Å². The summed E-state index contributed by atoms with van der Waals surface area (Å²) in [5, 5.41) is 10.7. The van der Waals surface area contributed by atoms with Gasteiger partial charge in [-0.05, 0) is 45.6 Å². The zero-order chi connectivity index (χ0) is 14.8. The maximum absolute atomic E-state index is 12.6. The molecule has 2 aliphatic rings. The van der Waals surface area contributed by atoms with Gasteiger partial charge in [-0.15, -0.1) is 0 Å². The van der Waals surface area contributed by atoms with Crippen LogP contribution in [0.15, 0.2) is 12.2 Å². The van der Waals surface area contributed by atoms with Gasteiger partial charge in [-0.2, -0.15) is 0 Å². The van der Waals surface area contributed by atoms with E-state index in [9.17, 15) is 9.90 Å². The Kier molecular flexibility index (Phi) is 4.86. The van der Waals surface area contributed by atoms with Gasteiger partial charge >= 0.3 is 0 Å². The van der Waals surface area contributed by atoms with Crippen molar-refractivity contribution in [2.45, 2.75) is 44.6 Å². The molecule has 0 aromatic heterocycles. The first-order valence-electron chi connectivity index (χ1n) is 7.75. The van der Waals surface area contributed by atoms with E-state index in [1.54, 1.807) is 0 Å². The average Bonchev–Trinajstić information content (AvgIpc) is 2.27. The molecule has 0 aromatic rings. The summed E-state index contributed by atoms with van der Waals surface area (Å²) >= 11 is 0. The normalized spacial score (nSPS) is 27.8. The van der Waals surface area contributed by atoms with Gasteiger partial charge in [-0.3, -0.25) is 9.69 Å². The van der Waals surface area contributed by atoms with Gasteiger partial charge in [0.15, 0.2) is 5.60 Å². The van der Waals surface area contributed by atoms with Crippen LogP contribution < -0.4 is 0 Å². The van der Waals surface area contributed by atoms with Crippen molar-refractivity contribution < 1.29 is 9.90 Å². The molecule has 4 nitrogen and oxygen atoms in total. The second kappa shape index (κ2) is 6.27. The monoisotopic (exact) mass is 280 g/mol. The third-order valence-corrected chi connectivity index (χ3v) is 4.48. The lowest BCUT2D eigenvalue weighted by atomic mass is 9.83. The van der Waals surface area contributed by atoms with Crippen molar-refractivity contribution in [1.29, 1.82) is 0 Å². The zero-order valence-electron chi connectivity index (χ0n) is 12.9. The molecule has 1 saturated heterocycles. The first kappa shape index (κ1) is 15.5. The molecule has 0 aromatic carbocycles. The average molecular weight is 280 g/mol. The second-order valence-electron chi connectivity index (χ2n) is 6.81. The summed E-state index contributed by atoms with van der Waals surface area (Å²) in [4.78, 5) is 16.5. The van der Waals surface area contributed by atoms with E-state index < -0.39 is 5.60 Å². The van der Waals surface area contributed by atoms with Crippen molar-refractivity contribution in [2.24, 2.45) is 5.92 Å². The lowest BCUT2D eigenvalue weighted by molar-refractivity contribution is -0.160. The molecule has 2 fully saturated rings. The fourth-order valence-electron chi connectivity index (χ4n) is 3.34. The number of carbonyl (C=O) groups excluding carboxylic acids is 1. The molecule has 1 aliphatic carbocycles. The third-order valence-electron chi connectivity index (χ3n) is 4.48. The second-order valence-corrected chi connectivity index (χ2v) is 6.81. The highest BCUT2D eigenvalue weighted by Gasteiger charge is 2.43. The van der Waals surface area contributed by atoms with Crippen molar-refractivity contribution in [2.75, 3.05) is 33.2 Å². The first-order valence-corrected chi connectivity index (χ1v) is 7.75. The maximum atomic E-state index is 12.6. The Morgan fingerprint density at radius 2 is 2.20 bits per heavy atom. The number of amides is 1. The molecular formula is C16H28N2O2. The van der Waals surface area contributed by atoms with E-state index in [-0.39, 0.29) is 5.91 Å². The number of hydrogen-bond donors (Lipinski definition) is 1. The summed E-state index contributed by atoms with van der Waals surface area (Å²) in [7, 11) is 1.94. The summed E-state index contributed by atoms with van der Waals surface area (Å²) in [6, 6.07) is 0. The summed E-state index contributed by atoms with van der Waals surface area (Å²) in [5.74, 6) is 0.596. The number of carbonyl (C=O) groups is 1. The van der Waals surface area contributed by atoms with E-state index in [1.807, 2.05) is 23.8 Å². The molecule has 4 heteroatoms. The molecule has 0 bridgehead atoms. The van der Waals surface area contributed by atoms with Crippen LogP contribution in [-0.4, -0.2) is 59.6 Å². The molecule has 1 heterocycles. The largest absolute Gasteiger partial charge is 0.379 e. The van der Waals surface area contributed by atoms with Gasteiger partial charge in [-0.25, -0.2) is 0 Å². The molecule has 1 saturated carbocycles. The van der Waals surface area contributed by atoms with Crippen molar-refractivity contribution in [3.05, 3.63) is 12.2 Å². The van der Waals surface area contributed by atoms with Crippen LogP contribution in [0.3, 0.4) is 0 Å². The Labute approximate surface area is 122 Å². The van der Waals surface area contributed by atoms with E-state index >= 15 is 0 Å². The lowest BCUT2D eigenvalue weighted by Crippen LogP contribution is -2.59. The molecule has 0 spiro atoms. The molecule has 114 valence electrons. The van der Waals surface area contributed by atoms with Crippen LogP contribution in [-0.2, 0) is 4.79 Å². The van der Waals surface area contributed by atoms with Gasteiger partial charge in [0.25, 0.3) is 5.91 Å². The standard InChI is InChI=1S/C16H28N2O2/c1-13(2)10-17(3)12-16(20)8-5-9-18(15(16)19)11-14-6-4-7-14/h14,20H,1,4-12H2,2-3H3. The number of piperidine rings is 1. The quantitative estimate of drug-likeness (QED) is 0.752. The van der Waals surface area contributed by atoms with Crippen LogP contribution in [0.25, 0.3) is 0 Å². The van der Waals surface area contributed by atoms with E-state index in [0.717, 1.165) is 31.6 Å². The molecule has 0 radical (unpaired) electrons. The van der Waals surface area contributed by atoms with Crippen molar-refractivity contribution in [3.8, 4) is 0 Å². The van der Waals surface area contributed by atoms with Crippen LogP contribution in [0.4, 0.5) is 0 Å². The lowest BCUT2D eigenvalue weighted by Gasteiger charge is -2.42. The predicted molar refractivity (Wildman–Crippen MR) is 80.4 cm³/mol. The zero-order valence-corrected chi connectivity index (χ0v) is 12.9. The number of rotatable bonds is 6. The number of aliphatic hydroxyl groups is 1. The van der Waals surface area contributed by atoms with E-state index in [4.69, 9.17) is 0 Å². The number of likely N-dealkylation sites (tertiary alicyclic amines) is 1. The van der Waals surface area contributed by atoms with E-state index in [2.05, 4.69) is 6.58 Å². The van der Waals surface area contributed by atoms with Crippen LogP contribution in [0.2, 0.25) is 0 Å². The molecule has 1 N–H and O–H groups in total. The fraction of sp³-hybridized carbons (Fsp3) is 0.812.